The zero-order valence-corrected chi connectivity index (χ0v) is 31.0. The van der Waals surface area contributed by atoms with Crippen LogP contribution in [0.3, 0.4) is 0 Å². The summed E-state index contributed by atoms with van der Waals surface area (Å²) < 4.78 is 6.84. The molecule has 232 valence electrons. The fourth-order valence-electron chi connectivity index (χ4n) is 5.00. The average molecular weight is 718 g/mol. The van der Waals surface area contributed by atoms with Gasteiger partial charge in [-0.15, -0.1) is 23.1 Å². The van der Waals surface area contributed by atoms with Crippen LogP contribution in [0.5, 0.6) is 0 Å². The van der Waals surface area contributed by atoms with E-state index in [0.717, 1.165) is 16.7 Å². The molecule has 1 saturated heterocycles. The molecule has 0 bridgehead atoms. The number of β-lactam (4-membered cyclic amide) rings is 1. The summed E-state index contributed by atoms with van der Waals surface area (Å²) in [6.45, 7) is 0. The normalized spacial score (nSPS) is 17.2. The van der Waals surface area contributed by atoms with Crippen LogP contribution in [0.1, 0.15) is 36.3 Å². The van der Waals surface area contributed by atoms with Crippen LogP contribution >= 0.6 is 46.2 Å². The zero-order valence-electron chi connectivity index (χ0n) is 25.7. The van der Waals surface area contributed by atoms with E-state index < -0.39 is 29.5 Å². The first-order chi connectivity index (χ1) is 21.9. The van der Waals surface area contributed by atoms with Gasteiger partial charge >= 0.3 is 63.3 Å². The van der Waals surface area contributed by atoms with E-state index in [1.165, 1.54) is 51.1 Å². The van der Waals surface area contributed by atoms with Gasteiger partial charge in [0.2, 0.25) is 5.91 Å². The molecule has 2 aromatic heterocycles. The average Bonchev–Trinajstić information content (AvgIpc) is 3.74. The number of amides is 2. The summed E-state index contributed by atoms with van der Waals surface area (Å²) in [5.74, 6) is -1.80. The van der Waals surface area contributed by atoms with E-state index in [1.54, 1.807) is 5.38 Å². The molecular formula is C32H28KN3O6S4. The molecule has 2 N–H and O–H groups in total. The number of thiophene rings is 1. The minimum Gasteiger partial charge on any atom is -1.00 e. The number of aliphatic carboxylic acids is 1. The molecule has 0 unspecified atom stereocenters. The van der Waals surface area contributed by atoms with Crippen molar-refractivity contribution in [1.29, 1.82) is 0 Å². The number of ether oxygens (including phenoxy) is 1. The van der Waals surface area contributed by atoms with Gasteiger partial charge in [-0.25, -0.2) is 9.78 Å². The van der Waals surface area contributed by atoms with Gasteiger partial charge in [-0.05, 0) is 33.5 Å². The van der Waals surface area contributed by atoms with Crippen LogP contribution in [0.25, 0.3) is 0 Å². The van der Waals surface area contributed by atoms with Crippen molar-refractivity contribution in [2.24, 2.45) is 0 Å². The quantitative estimate of drug-likeness (QED) is 0.129. The molecule has 9 nitrogen and oxygen atoms in total. The fourth-order valence-corrected chi connectivity index (χ4v) is 9.17. The third kappa shape index (κ3) is 8.23. The van der Waals surface area contributed by atoms with Gasteiger partial charge in [0, 0.05) is 22.5 Å². The van der Waals surface area contributed by atoms with E-state index in [2.05, 4.69) is 10.3 Å². The van der Waals surface area contributed by atoms with Crippen molar-refractivity contribution >= 4 is 70.0 Å². The van der Waals surface area contributed by atoms with Crippen molar-refractivity contribution in [1.82, 2.24) is 15.2 Å². The Balaban J connectivity index is 0.00000250. The van der Waals surface area contributed by atoms with Gasteiger partial charge in [0.1, 0.15) is 17.1 Å². The largest absolute Gasteiger partial charge is 1.00 e. The smallest absolute Gasteiger partial charge is 1.00 e. The number of aromatic nitrogens is 1. The number of carbonyl (C=O) groups excluding carboxylic acids is 3. The molecule has 2 atom stereocenters. The van der Waals surface area contributed by atoms with Crippen LogP contribution in [0, 0.1) is 0 Å². The SMILES string of the molecule is O=C(O)CCc1csc(SC2=C(C(=O)OC(c3ccccc3)c3ccccc3)N3C(=O)[C@@H](NC(=O)Cc4ccsc4)[C@H]3SC2)n1.[H-].[K+]. The molecule has 0 aliphatic carbocycles. The van der Waals surface area contributed by atoms with Crippen LogP contribution in [0.15, 0.2) is 97.8 Å². The number of carboxylic acid groups (broad SMARTS) is 1. The Bertz CT molecular complexity index is 1700. The molecule has 2 aromatic carbocycles. The van der Waals surface area contributed by atoms with E-state index in [1.807, 2.05) is 77.5 Å². The van der Waals surface area contributed by atoms with Gasteiger partial charge in [0.15, 0.2) is 10.4 Å². The number of esters is 1. The summed E-state index contributed by atoms with van der Waals surface area (Å²) in [7, 11) is 0. The number of hydrogen-bond acceptors (Lipinski definition) is 10. The van der Waals surface area contributed by atoms with E-state index in [0.29, 0.717) is 27.1 Å². The monoisotopic (exact) mass is 717 g/mol. The van der Waals surface area contributed by atoms with Crippen LogP contribution in [-0.2, 0) is 36.8 Å². The molecule has 2 amide bonds. The number of thiazole rings is 1. The maximum atomic E-state index is 14.1. The molecule has 0 radical (unpaired) electrons. The molecular weight excluding hydrogens is 690 g/mol. The Morgan fingerprint density at radius 2 is 1.76 bits per heavy atom. The van der Waals surface area contributed by atoms with E-state index >= 15 is 0 Å². The van der Waals surface area contributed by atoms with Crippen molar-refractivity contribution in [3.63, 3.8) is 0 Å². The number of hydrogen-bond donors (Lipinski definition) is 2. The van der Waals surface area contributed by atoms with E-state index in [-0.39, 0.29) is 83.2 Å². The standard InChI is InChI=1S/C32H27N3O6S4.K.H/c36-24(15-19-13-14-42-16-19)34-26-29(39)35-27(23(18-43-30(26)35)45-32-33-22(17-44-32)11-12-25(37)38)31(40)41-28(20-7-3-1-4-8-20)21-9-5-2-6-10-21;;/h1-10,13-14,16-17,26,28,30H,11-12,15,18H2,(H,34,36)(H,37,38);;/q;+1;-1/t26-,30-;;/m1../s1. The predicted molar refractivity (Wildman–Crippen MR) is 176 cm³/mol. The van der Waals surface area contributed by atoms with Crippen LogP contribution < -0.4 is 56.7 Å². The number of carboxylic acids is 1. The first-order valence-corrected chi connectivity index (χ1v) is 17.7. The molecule has 14 heteroatoms. The molecule has 0 spiro atoms. The number of benzene rings is 2. The minimum absolute atomic E-state index is 0. The van der Waals surface area contributed by atoms with Crippen LogP contribution in [0.2, 0.25) is 0 Å². The van der Waals surface area contributed by atoms with Gasteiger partial charge in [-0.2, -0.15) is 11.3 Å². The number of nitrogens with one attached hydrogen (secondary N) is 1. The Labute approximate surface area is 326 Å². The molecule has 2 aliphatic heterocycles. The predicted octanol–water partition coefficient (Wildman–Crippen LogP) is 2.62. The number of carbonyl (C=O) groups is 4. The van der Waals surface area contributed by atoms with Crippen molar-refractivity contribution in [2.75, 3.05) is 5.75 Å². The number of nitrogens with zero attached hydrogens (tertiary/aromatic N) is 2. The summed E-state index contributed by atoms with van der Waals surface area (Å²) in [6.07, 6.45) is -0.287. The first kappa shape index (κ1) is 35.0. The number of fused-ring (bicyclic) bond motifs is 1. The molecule has 2 aliphatic rings. The number of thioether (sulfide) groups is 2. The summed E-state index contributed by atoms with van der Waals surface area (Å²) in [4.78, 5) is 58.2. The van der Waals surface area contributed by atoms with Crippen molar-refractivity contribution < 1.29 is 81.8 Å². The van der Waals surface area contributed by atoms with Crippen molar-refractivity contribution in [3.8, 4) is 0 Å². The summed E-state index contributed by atoms with van der Waals surface area (Å²) >= 11 is 5.59. The molecule has 4 aromatic rings. The maximum absolute atomic E-state index is 14.1. The summed E-state index contributed by atoms with van der Waals surface area (Å²) in [5.41, 5.74) is 3.23. The fraction of sp³-hybridized carbons (Fsp3) is 0.219. The molecule has 0 saturated carbocycles. The topological polar surface area (TPSA) is 126 Å². The third-order valence-electron chi connectivity index (χ3n) is 7.15. The Morgan fingerprint density at radius 3 is 2.39 bits per heavy atom. The second kappa shape index (κ2) is 16.2. The van der Waals surface area contributed by atoms with E-state index in [9.17, 15) is 19.2 Å². The molecule has 4 heterocycles. The molecule has 46 heavy (non-hydrogen) atoms. The second-order valence-corrected chi connectivity index (χ2v) is 14.3. The minimum atomic E-state index is -0.903. The van der Waals surface area contributed by atoms with Gasteiger partial charge in [-0.3, -0.25) is 19.3 Å². The second-order valence-electron chi connectivity index (χ2n) is 10.2. The van der Waals surface area contributed by atoms with Gasteiger partial charge < -0.3 is 16.6 Å². The Kier molecular flexibility index (Phi) is 12.4. The van der Waals surface area contributed by atoms with Gasteiger partial charge in [-0.1, -0.05) is 72.4 Å². The summed E-state index contributed by atoms with van der Waals surface area (Å²) in [6, 6.07) is 19.9. The van der Waals surface area contributed by atoms with Crippen LogP contribution in [0.4, 0.5) is 0 Å². The Morgan fingerprint density at radius 1 is 1.07 bits per heavy atom. The third-order valence-corrected chi connectivity index (χ3v) is 11.4. The first-order valence-electron chi connectivity index (χ1n) is 14.0. The van der Waals surface area contributed by atoms with E-state index in [4.69, 9.17) is 9.84 Å². The molecule has 1 fully saturated rings. The van der Waals surface area contributed by atoms with Crippen molar-refractivity contribution in [2.45, 2.75) is 41.1 Å². The molecule has 6 rings (SSSR count). The maximum Gasteiger partial charge on any atom is 1.00 e. The van der Waals surface area contributed by atoms with Gasteiger partial charge in [0.25, 0.3) is 5.91 Å². The van der Waals surface area contributed by atoms with Crippen LogP contribution in [-0.4, -0.2) is 55.9 Å². The number of rotatable bonds is 12. The summed E-state index contributed by atoms with van der Waals surface area (Å²) in [5, 5.41) is 17.0. The zero-order chi connectivity index (χ0) is 31.3. The van der Waals surface area contributed by atoms with Crippen molar-refractivity contribution in [3.05, 3.63) is 116 Å². The number of aryl methyl sites for hydroxylation is 1. The van der Waals surface area contributed by atoms with Gasteiger partial charge in [0.05, 0.1) is 18.5 Å². The Hall–Kier alpha value is -2.27.